The highest BCUT2D eigenvalue weighted by atomic mass is 32.1. The molecular weight excluding hydrogens is 246 g/mol. The van der Waals surface area contributed by atoms with Crippen molar-refractivity contribution in [3.63, 3.8) is 0 Å². The summed E-state index contributed by atoms with van der Waals surface area (Å²) in [5.74, 6) is 0.465. The van der Waals surface area contributed by atoms with Crippen LogP contribution in [-0.4, -0.2) is 21.5 Å². The first-order valence-electron chi connectivity index (χ1n) is 6.56. The molecule has 0 aromatic carbocycles. The predicted octanol–water partition coefficient (Wildman–Crippen LogP) is 2.87. The van der Waals surface area contributed by atoms with E-state index in [1.54, 1.807) is 5.38 Å². The van der Waals surface area contributed by atoms with E-state index < -0.39 is 0 Å². The van der Waals surface area contributed by atoms with Crippen LogP contribution in [0.3, 0.4) is 0 Å². The van der Waals surface area contributed by atoms with Gasteiger partial charge >= 0.3 is 0 Å². The second-order valence-electron chi connectivity index (χ2n) is 6.13. The van der Waals surface area contributed by atoms with Crippen LogP contribution in [0.4, 0.5) is 0 Å². The maximum Gasteiger partial charge on any atom is 0.272 e. The number of carbonyl (C=O) groups is 1. The minimum atomic E-state index is -0.0788. The number of hydrogen-bond donors (Lipinski definition) is 1. The van der Waals surface area contributed by atoms with Crippen molar-refractivity contribution in [3.05, 3.63) is 11.1 Å². The highest BCUT2D eigenvalue weighted by Gasteiger charge is 2.35. The summed E-state index contributed by atoms with van der Waals surface area (Å²) in [5.41, 5.74) is 0.678. The molecule has 1 fully saturated rings. The summed E-state index contributed by atoms with van der Waals surface area (Å²) in [6.07, 6.45) is 4.74. The minimum absolute atomic E-state index is 0.0788. The van der Waals surface area contributed by atoms with Crippen molar-refractivity contribution in [2.45, 2.75) is 52.5 Å². The second kappa shape index (κ2) is 5.34. The lowest BCUT2D eigenvalue weighted by molar-refractivity contribution is 0.0825. The van der Waals surface area contributed by atoms with Gasteiger partial charge in [0.1, 0.15) is 0 Å². The summed E-state index contributed by atoms with van der Waals surface area (Å²) in [5, 5.41) is 8.67. The largest absolute Gasteiger partial charge is 0.348 e. The molecule has 0 radical (unpaired) electrons. The molecule has 0 bridgehead atoms. The molecule has 1 N–H and O–H groups in total. The first-order valence-corrected chi connectivity index (χ1v) is 7.40. The fourth-order valence-electron chi connectivity index (χ4n) is 2.85. The Labute approximate surface area is 112 Å². The number of nitrogens with zero attached hydrogens (tertiary/aromatic N) is 2. The van der Waals surface area contributed by atoms with Crippen LogP contribution in [-0.2, 0) is 0 Å². The number of rotatable bonds is 2. The summed E-state index contributed by atoms with van der Waals surface area (Å²) in [4.78, 5) is 12.0. The third-order valence-electron chi connectivity index (χ3n) is 3.79. The lowest BCUT2D eigenvalue weighted by Crippen LogP contribution is -2.46. The van der Waals surface area contributed by atoms with Gasteiger partial charge in [0.05, 0.1) is 0 Å². The van der Waals surface area contributed by atoms with Gasteiger partial charge in [-0.05, 0) is 35.7 Å². The molecule has 0 aliphatic heterocycles. The molecule has 5 heteroatoms. The van der Waals surface area contributed by atoms with Crippen LogP contribution >= 0.6 is 11.5 Å². The van der Waals surface area contributed by atoms with Crippen molar-refractivity contribution in [1.29, 1.82) is 0 Å². The third-order valence-corrected chi connectivity index (χ3v) is 4.29. The Balaban J connectivity index is 2.04. The quantitative estimate of drug-likeness (QED) is 0.896. The monoisotopic (exact) mass is 267 g/mol. The van der Waals surface area contributed by atoms with Crippen molar-refractivity contribution >= 4 is 17.4 Å². The molecule has 100 valence electrons. The first-order chi connectivity index (χ1) is 8.48. The number of carbonyl (C=O) groups excluding carboxylic acids is 1. The SMILES string of the molecule is CC(C)(C)C1CCCCC1NC(=O)c1csnn1. The Hall–Kier alpha value is -0.970. The van der Waals surface area contributed by atoms with E-state index in [9.17, 15) is 4.79 Å². The molecule has 1 aromatic heterocycles. The summed E-state index contributed by atoms with van der Waals surface area (Å²) in [7, 11) is 0. The zero-order valence-corrected chi connectivity index (χ0v) is 12.1. The van der Waals surface area contributed by atoms with Gasteiger partial charge < -0.3 is 5.32 Å². The maximum atomic E-state index is 12.0. The Morgan fingerprint density at radius 1 is 1.39 bits per heavy atom. The molecule has 2 unspecified atom stereocenters. The van der Waals surface area contributed by atoms with Gasteiger partial charge in [0.25, 0.3) is 5.91 Å². The Bertz CT molecular complexity index is 397. The molecule has 2 atom stereocenters. The molecular formula is C13H21N3OS. The topological polar surface area (TPSA) is 54.9 Å². The fraction of sp³-hybridized carbons (Fsp3) is 0.769. The molecule has 1 aliphatic carbocycles. The summed E-state index contributed by atoms with van der Waals surface area (Å²) in [6, 6.07) is 0.271. The lowest BCUT2D eigenvalue weighted by Gasteiger charge is -2.40. The molecule has 4 nitrogen and oxygen atoms in total. The van der Waals surface area contributed by atoms with Crippen molar-refractivity contribution in [3.8, 4) is 0 Å². The maximum absolute atomic E-state index is 12.0. The van der Waals surface area contributed by atoms with Crippen LogP contribution in [0.2, 0.25) is 0 Å². The van der Waals surface area contributed by atoms with E-state index in [4.69, 9.17) is 0 Å². The van der Waals surface area contributed by atoms with Crippen LogP contribution in [0.15, 0.2) is 5.38 Å². The molecule has 18 heavy (non-hydrogen) atoms. The standard InChI is InChI=1S/C13H21N3OS/c1-13(2,3)9-6-4-5-7-10(9)14-12(17)11-8-18-16-15-11/h8-10H,4-7H2,1-3H3,(H,14,17). The molecule has 1 saturated carbocycles. The summed E-state index contributed by atoms with van der Waals surface area (Å²) < 4.78 is 3.73. The van der Waals surface area contributed by atoms with Crippen LogP contribution < -0.4 is 5.32 Å². The zero-order valence-electron chi connectivity index (χ0n) is 11.3. The van der Waals surface area contributed by atoms with Crippen LogP contribution in [0.1, 0.15) is 56.9 Å². The highest BCUT2D eigenvalue weighted by molar-refractivity contribution is 7.03. The van der Waals surface area contributed by atoms with Crippen molar-refractivity contribution < 1.29 is 4.79 Å². The Morgan fingerprint density at radius 3 is 2.72 bits per heavy atom. The van der Waals surface area contributed by atoms with Crippen molar-refractivity contribution in [1.82, 2.24) is 14.9 Å². The van der Waals surface area contributed by atoms with Gasteiger partial charge in [-0.2, -0.15) is 0 Å². The van der Waals surface area contributed by atoms with E-state index in [2.05, 4.69) is 35.7 Å². The average Bonchev–Trinajstić information content (AvgIpc) is 2.81. The number of amides is 1. The molecule has 1 heterocycles. The van der Waals surface area contributed by atoms with Gasteiger partial charge in [-0.1, -0.05) is 38.1 Å². The zero-order chi connectivity index (χ0) is 13.2. The second-order valence-corrected chi connectivity index (χ2v) is 6.74. The number of nitrogens with one attached hydrogen (secondary N) is 1. The van der Waals surface area contributed by atoms with Gasteiger partial charge in [0, 0.05) is 11.4 Å². The van der Waals surface area contributed by atoms with Crippen LogP contribution in [0.25, 0.3) is 0 Å². The van der Waals surface area contributed by atoms with Crippen molar-refractivity contribution in [2.75, 3.05) is 0 Å². The summed E-state index contributed by atoms with van der Waals surface area (Å²) >= 11 is 1.21. The minimum Gasteiger partial charge on any atom is -0.348 e. The van der Waals surface area contributed by atoms with Crippen LogP contribution in [0.5, 0.6) is 0 Å². The molecule has 1 amide bonds. The van der Waals surface area contributed by atoms with Gasteiger partial charge in [-0.3, -0.25) is 4.79 Å². The highest BCUT2D eigenvalue weighted by Crippen LogP contribution is 2.38. The first kappa shape index (κ1) is 13.5. The van der Waals surface area contributed by atoms with Gasteiger partial charge in [0.15, 0.2) is 5.69 Å². The van der Waals surface area contributed by atoms with Gasteiger partial charge in [0.2, 0.25) is 0 Å². The molecule has 1 aliphatic rings. The lowest BCUT2D eigenvalue weighted by atomic mass is 9.69. The normalized spacial score (nSPS) is 24.8. The molecule has 1 aromatic rings. The van der Waals surface area contributed by atoms with E-state index in [1.807, 2.05) is 0 Å². The smallest absolute Gasteiger partial charge is 0.272 e. The average molecular weight is 267 g/mol. The predicted molar refractivity (Wildman–Crippen MR) is 72.6 cm³/mol. The van der Waals surface area contributed by atoms with E-state index in [1.165, 1.54) is 30.8 Å². The van der Waals surface area contributed by atoms with Crippen molar-refractivity contribution in [2.24, 2.45) is 11.3 Å². The Kier molecular flexibility index (Phi) is 4.00. The third kappa shape index (κ3) is 3.07. The van der Waals surface area contributed by atoms with E-state index in [0.717, 1.165) is 6.42 Å². The van der Waals surface area contributed by atoms with E-state index in [-0.39, 0.29) is 17.4 Å². The summed E-state index contributed by atoms with van der Waals surface area (Å²) in [6.45, 7) is 6.77. The van der Waals surface area contributed by atoms with Gasteiger partial charge in [-0.25, -0.2) is 0 Å². The molecule has 0 spiro atoms. The number of aromatic nitrogens is 2. The van der Waals surface area contributed by atoms with E-state index >= 15 is 0 Å². The number of hydrogen-bond acceptors (Lipinski definition) is 4. The Morgan fingerprint density at radius 2 is 2.11 bits per heavy atom. The fourth-order valence-corrected chi connectivity index (χ4v) is 3.28. The van der Waals surface area contributed by atoms with Crippen LogP contribution in [0, 0.1) is 11.3 Å². The molecule has 2 rings (SSSR count). The van der Waals surface area contributed by atoms with Gasteiger partial charge in [-0.15, -0.1) is 5.10 Å². The van der Waals surface area contributed by atoms with E-state index in [0.29, 0.717) is 11.6 Å². The molecule has 0 saturated heterocycles.